The minimum atomic E-state index is 0.478. The molecule has 2 N–H and O–H groups in total. The topological polar surface area (TPSA) is 41.9 Å². The second-order valence-corrected chi connectivity index (χ2v) is 7.96. The Bertz CT molecular complexity index is 974. The highest BCUT2D eigenvalue weighted by Gasteiger charge is 2.11. The van der Waals surface area contributed by atoms with Crippen LogP contribution in [0.1, 0.15) is 18.1 Å². The molecule has 27 heavy (non-hydrogen) atoms. The predicted molar refractivity (Wildman–Crippen MR) is 121 cm³/mol. The minimum absolute atomic E-state index is 0.478. The first-order chi connectivity index (χ1) is 13.0. The molecule has 0 aliphatic rings. The van der Waals surface area contributed by atoms with E-state index in [9.17, 15) is 0 Å². The van der Waals surface area contributed by atoms with Gasteiger partial charge in [-0.1, -0.05) is 54.4 Å². The van der Waals surface area contributed by atoms with Crippen molar-refractivity contribution < 1.29 is 0 Å². The number of para-hydroxylation sites is 1. The molecule has 0 unspecified atom stereocenters. The Hall–Kier alpha value is -1.60. The normalized spacial score (nSPS) is 10.7. The summed E-state index contributed by atoms with van der Waals surface area (Å²) in [5.41, 5.74) is 3.12. The largest absolute Gasteiger partial charge is 0.332 e. The summed E-state index contributed by atoms with van der Waals surface area (Å²) >= 11 is 21.1. The van der Waals surface area contributed by atoms with Crippen molar-refractivity contribution in [1.29, 1.82) is 0 Å². The van der Waals surface area contributed by atoms with E-state index in [1.165, 1.54) is 5.56 Å². The summed E-state index contributed by atoms with van der Waals surface area (Å²) in [4.78, 5) is 0. The van der Waals surface area contributed by atoms with Crippen LogP contribution in [0.4, 0.5) is 11.5 Å². The van der Waals surface area contributed by atoms with E-state index in [1.807, 2.05) is 36.5 Å². The Kier molecular flexibility index (Phi) is 6.76. The van der Waals surface area contributed by atoms with Crippen molar-refractivity contribution in [2.45, 2.75) is 19.9 Å². The highest BCUT2D eigenvalue weighted by molar-refractivity contribution is 9.10. The van der Waals surface area contributed by atoms with Gasteiger partial charge in [-0.15, -0.1) is 0 Å². The predicted octanol–water partition coefficient (Wildman–Crippen LogP) is 6.37. The number of nitrogens with one attached hydrogen (secondary N) is 2. The molecule has 8 heteroatoms. The van der Waals surface area contributed by atoms with Crippen molar-refractivity contribution in [1.82, 2.24) is 9.78 Å². The van der Waals surface area contributed by atoms with E-state index < -0.39 is 0 Å². The Morgan fingerprint density at radius 3 is 2.67 bits per heavy atom. The highest BCUT2D eigenvalue weighted by atomic mass is 79.9. The molecular formula is C19H17BrCl2N4S. The molecule has 0 bridgehead atoms. The van der Waals surface area contributed by atoms with E-state index in [4.69, 9.17) is 35.4 Å². The number of aromatic nitrogens is 2. The van der Waals surface area contributed by atoms with E-state index in [-0.39, 0.29) is 0 Å². The van der Waals surface area contributed by atoms with E-state index >= 15 is 0 Å². The number of thiocarbonyl (C=S) groups is 1. The van der Waals surface area contributed by atoms with Crippen LogP contribution in [0, 0.1) is 0 Å². The first-order valence-electron chi connectivity index (χ1n) is 8.29. The second-order valence-electron chi connectivity index (χ2n) is 5.85. The van der Waals surface area contributed by atoms with Crippen molar-refractivity contribution in [2.75, 3.05) is 10.6 Å². The van der Waals surface area contributed by atoms with Crippen LogP contribution < -0.4 is 10.6 Å². The lowest BCUT2D eigenvalue weighted by atomic mass is 10.1. The van der Waals surface area contributed by atoms with Crippen LogP contribution in [0.5, 0.6) is 0 Å². The summed E-state index contributed by atoms with van der Waals surface area (Å²) in [6, 6.07) is 13.5. The van der Waals surface area contributed by atoms with Gasteiger partial charge in [0.05, 0.1) is 11.0 Å². The molecule has 0 atom stereocenters. The highest BCUT2D eigenvalue weighted by Crippen LogP contribution is 2.25. The lowest BCUT2D eigenvalue weighted by Crippen LogP contribution is -2.20. The Morgan fingerprint density at radius 2 is 1.93 bits per heavy atom. The van der Waals surface area contributed by atoms with E-state index in [0.29, 0.717) is 27.5 Å². The van der Waals surface area contributed by atoms with Gasteiger partial charge in [-0.05, 0) is 63.9 Å². The summed E-state index contributed by atoms with van der Waals surface area (Å²) in [6.07, 6.45) is 2.79. The average Bonchev–Trinajstić information content (AvgIpc) is 2.97. The molecule has 140 valence electrons. The van der Waals surface area contributed by atoms with Crippen LogP contribution in [-0.4, -0.2) is 14.9 Å². The van der Waals surface area contributed by atoms with Gasteiger partial charge in [0.2, 0.25) is 0 Å². The summed E-state index contributed by atoms with van der Waals surface area (Å²) in [5.74, 6) is 0.631. The van der Waals surface area contributed by atoms with Gasteiger partial charge in [0.1, 0.15) is 0 Å². The summed E-state index contributed by atoms with van der Waals surface area (Å²) in [6.45, 7) is 2.63. The zero-order valence-corrected chi connectivity index (χ0v) is 18.4. The molecule has 2 aromatic carbocycles. The molecule has 0 spiro atoms. The summed E-state index contributed by atoms with van der Waals surface area (Å²) < 4.78 is 2.59. The van der Waals surface area contributed by atoms with Crippen molar-refractivity contribution in [2.24, 2.45) is 0 Å². The third kappa shape index (κ3) is 5.23. The van der Waals surface area contributed by atoms with Crippen LogP contribution in [-0.2, 0) is 13.0 Å². The first kappa shape index (κ1) is 20.1. The maximum absolute atomic E-state index is 6.25. The van der Waals surface area contributed by atoms with Crippen LogP contribution in [0.25, 0.3) is 0 Å². The standard InChI is InChI=1S/C19H17BrCl2N4S/c1-2-12-5-3-4-6-17(12)23-19(27)24-18-15(20)11-26(25-18)10-13-7-8-14(21)9-16(13)22/h3-9,11H,2,10H2,1H3,(H2,23,24,25,27). The van der Waals surface area contributed by atoms with Gasteiger partial charge < -0.3 is 10.6 Å². The zero-order valence-electron chi connectivity index (χ0n) is 14.5. The average molecular weight is 484 g/mol. The van der Waals surface area contributed by atoms with Gasteiger partial charge in [-0.3, -0.25) is 4.68 Å². The van der Waals surface area contributed by atoms with E-state index in [0.717, 1.165) is 22.1 Å². The number of rotatable bonds is 5. The Labute approximate surface area is 182 Å². The maximum atomic E-state index is 6.25. The summed E-state index contributed by atoms with van der Waals surface area (Å²) in [7, 11) is 0. The van der Waals surface area contributed by atoms with Gasteiger partial charge in [0, 0.05) is 21.9 Å². The molecule has 0 fully saturated rings. The van der Waals surface area contributed by atoms with Crippen molar-refractivity contribution in [3.63, 3.8) is 0 Å². The number of hydrogen-bond donors (Lipinski definition) is 2. The van der Waals surface area contributed by atoms with E-state index in [2.05, 4.69) is 44.7 Å². The molecule has 0 amide bonds. The molecule has 4 nitrogen and oxygen atoms in total. The molecule has 1 aromatic heterocycles. The van der Waals surface area contributed by atoms with Gasteiger partial charge in [-0.2, -0.15) is 5.10 Å². The SMILES string of the molecule is CCc1ccccc1NC(=S)Nc1nn(Cc2ccc(Cl)cc2Cl)cc1Br. The third-order valence-corrected chi connectivity index (χ3v) is 5.31. The van der Waals surface area contributed by atoms with Crippen molar-refractivity contribution in [3.05, 3.63) is 74.3 Å². The lowest BCUT2D eigenvalue weighted by Gasteiger charge is -2.12. The quantitative estimate of drug-likeness (QED) is 0.413. The number of hydrogen-bond acceptors (Lipinski definition) is 2. The maximum Gasteiger partial charge on any atom is 0.176 e. The minimum Gasteiger partial charge on any atom is -0.332 e. The Balaban J connectivity index is 1.70. The third-order valence-electron chi connectivity index (χ3n) is 3.94. The van der Waals surface area contributed by atoms with Gasteiger partial charge in [0.25, 0.3) is 0 Å². The summed E-state index contributed by atoms with van der Waals surface area (Å²) in [5, 5.41) is 12.6. The first-order valence-corrected chi connectivity index (χ1v) is 10.2. The number of benzene rings is 2. The lowest BCUT2D eigenvalue weighted by molar-refractivity contribution is 0.690. The second kappa shape index (κ2) is 9.06. The molecule has 0 saturated heterocycles. The van der Waals surface area contributed by atoms with Crippen LogP contribution in [0.2, 0.25) is 10.0 Å². The van der Waals surface area contributed by atoms with Gasteiger partial charge in [-0.25, -0.2) is 0 Å². The number of halogens is 3. The molecule has 1 heterocycles. The monoisotopic (exact) mass is 482 g/mol. The fraction of sp³-hybridized carbons (Fsp3) is 0.158. The molecule has 3 rings (SSSR count). The van der Waals surface area contributed by atoms with Crippen LogP contribution >= 0.6 is 51.3 Å². The number of nitrogens with zero attached hydrogens (tertiary/aromatic N) is 2. The zero-order chi connectivity index (χ0) is 19.4. The van der Waals surface area contributed by atoms with Crippen LogP contribution in [0.15, 0.2) is 53.1 Å². The van der Waals surface area contributed by atoms with Crippen molar-refractivity contribution in [3.8, 4) is 0 Å². The fourth-order valence-electron chi connectivity index (χ4n) is 2.60. The molecule has 0 aliphatic heterocycles. The number of anilines is 2. The molecule has 0 radical (unpaired) electrons. The van der Waals surface area contributed by atoms with Crippen LogP contribution in [0.3, 0.4) is 0 Å². The number of aryl methyl sites for hydroxylation is 1. The van der Waals surface area contributed by atoms with Crippen molar-refractivity contribution >= 4 is 68.0 Å². The molecule has 3 aromatic rings. The smallest absolute Gasteiger partial charge is 0.176 e. The molecule has 0 aliphatic carbocycles. The molecular weight excluding hydrogens is 467 g/mol. The Morgan fingerprint density at radius 1 is 1.15 bits per heavy atom. The molecule has 0 saturated carbocycles. The van der Waals surface area contributed by atoms with E-state index in [1.54, 1.807) is 10.7 Å². The van der Waals surface area contributed by atoms with Gasteiger partial charge in [0.15, 0.2) is 10.9 Å². The fourth-order valence-corrected chi connectivity index (χ4v) is 3.69. The van der Waals surface area contributed by atoms with Gasteiger partial charge >= 0.3 is 0 Å².